The van der Waals surface area contributed by atoms with Gasteiger partial charge in [0.15, 0.2) is 0 Å². The molecule has 1 rings (SSSR count). The molecule has 0 radical (unpaired) electrons. The average molecular weight is 611 g/mol. The Morgan fingerprint density at radius 3 is 2.26 bits per heavy atom. The zero-order valence-electron chi connectivity index (χ0n) is 25.7. The SMILES string of the molecule is COC(=O)c1ccc(NC(=O)[C@H](CCCNC(N)=O)NC(=O)[C@@H](N)C(C)C)cc1OCCOCCNC(=O)OC(C)(C)C. The Bertz CT molecular complexity index is 1090. The fourth-order valence-corrected chi connectivity index (χ4v) is 3.44. The van der Waals surface area contributed by atoms with Crippen LogP contribution in [0.1, 0.15) is 57.8 Å². The highest BCUT2D eigenvalue weighted by Gasteiger charge is 2.26. The summed E-state index contributed by atoms with van der Waals surface area (Å²) >= 11 is 0. The summed E-state index contributed by atoms with van der Waals surface area (Å²) < 4.78 is 21.2. The molecule has 5 amide bonds. The molecule has 1 aromatic rings. The molecule has 15 heteroatoms. The van der Waals surface area contributed by atoms with E-state index in [0.29, 0.717) is 6.42 Å². The number of hydrogen-bond acceptors (Lipinski definition) is 10. The van der Waals surface area contributed by atoms with Crippen LogP contribution in [0.15, 0.2) is 18.2 Å². The minimum atomic E-state index is -0.973. The number of alkyl carbamates (subject to hydrolysis) is 1. The van der Waals surface area contributed by atoms with E-state index in [1.54, 1.807) is 34.6 Å². The number of rotatable bonds is 17. The lowest BCUT2D eigenvalue weighted by Gasteiger charge is -2.22. The Labute approximate surface area is 252 Å². The molecule has 1 aromatic carbocycles. The van der Waals surface area contributed by atoms with Crippen LogP contribution in [0.3, 0.4) is 0 Å². The summed E-state index contributed by atoms with van der Waals surface area (Å²) in [6, 6.07) is 1.87. The number of benzene rings is 1. The maximum atomic E-state index is 13.2. The Kier molecular flexibility index (Phi) is 15.8. The molecule has 8 N–H and O–H groups in total. The van der Waals surface area contributed by atoms with Gasteiger partial charge >= 0.3 is 18.1 Å². The van der Waals surface area contributed by atoms with Gasteiger partial charge in [-0.1, -0.05) is 13.8 Å². The molecule has 2 atom stereocenters. The standard InChI is InChI=1S/C28H46N6O9/c1-17(2)22(29)24(36)34-20(8-7-11-31-26(30)38)23(35)33-18-9-10-19(25(37)40-6)21(16-18)42-15-14-41-13-12-32-27(39)43-28(3,4)5/h9-10,16-17,20,22H,7-8,11-15,29H2,1-6H3,(H,32,39)(H,33,35)(H,34,36)(H3,30,31,38)/t20-,22-/m0/s1. The maximum Gasteiger partial charge on any atom is 0.407 e. The third-order valence-corrected chi connectivity index (χ3v) is 5.68. The van der Waals surface area contributed by atoms with Gasteiger partial charge in [0.1, 0.15) is 29.6 Å². The van der Waals surface area contributed by atoms with Crippen LogP contribution in [0, 0.1) is 5.92 Å². The highest BCUT2D eigenvalue weighted by Crippen LogP contribution is 2.25. The third kappa shape index (κ3) is 15.1. The van der Waals surface area contributed by atoms with Gasteiger partial charge < -0.3 is 51.7 Å². The number of esters is 1. The lowest BCUT2D eigenvalue weighted by Crippen LogP contribution is -2.51. The first-order valence-electron chi connectivity index (χ1n) is 13.9. The molecule has 0 saturated carbocycles. The van der Waals surface area contributed by atoms with Crippen LogP contribution in [-0.2, 0) is 23.8 Å². The van der Waals surface area contributed by atoms with Crippen molar-refractivity contribution in [2.24, 2.45) is 17.4 Å². The molecule has 0 bridgehead atoms. The molecule has 0 unspecified atom stereocenters. The molecular formula is C28H46N6O9. The van der Waals surface area contributed by atoms with Crippen molar-refractivity contribution in [3.63, 3.8) is 0 Å². The van der Waals surface area contributed by atoms with Gasteiger partial charge in [0.2, 0.25) is 11.8 Å². The number of hydrogen-bond donors (Lipinski definition) is 6. The second-order valence-electron chi connectivity index (χ2n) is 10.8. The van der Waals surface area contributed by atoms with Crippen LogP contribution in [0.5, 0.6) is 5.75 Å². The highest BCUT2D eigenvalue weighted by molar-refractivity contribution is 5.99. The summed E-state index contributed by atoms with van der Waals surface area (Å²) in [5, 5.41) is 10.4. The number of ether oxygens (including phenoxy) is 4. The van der Waals surface area contributed by atoms with E-state index < -0.39 is 47.6 Å². The van der Waals surface area contributed by atoms with Crippen LogP contribution in [0.2, 0.25) is 0 Å². The van der Waals surface area contributed by atoms with Gasteiger partial charge in [0.05, 0.1) is 26.4 Å². The van der Waals surface area contributed by atoms with Crippen LogP contribution in [-0.4, -0.2) is 87.6 Å². The minimum absolute atomic E-state index is 0.0481. The Morgan fingerprint density at radius 2 is 1.65 bits per heavy atom. The van der Waals surface area contributed by atoms with Crippen LogP contribution < -0.4 is 37.5 Å². The molecule has 43 heavy (non-hydrogen) atoms. The van der Waals surface area contributed by atoms with E-state index >= 15 is 0 Å². The van der Waals surface area contributed by atoms with Gasteiger partial charge in [-0.2, -0.15) is 0 Å². The van der Waals surface area contributed by atoms with E-state index in [0.717, 1.165) is 0 Å². The van der Waals surface area contributed by atoms with Gasteiger partial charge in [-0.3, -0.25) is 9.59 Å². The first kappa shape index (κ1) is 36.9. The number of methoxy groups -OCH3 is 1. The largest absolute Gasteiger partial charge is 0.490 e. The number of urea groups is 1. The number of carbonyl (C=O) groups is 5. The lowest BCUT2D eigenvalue weighted by atomic mass is 10.0. The van der Waals surface area contributed by atoms with Crippen LogP contribution in [0.25, 0.3) is 0 Å². The van der Waals surface area contributed by atoms with Gasteiger partial charge in [0, 0.05) is 24.8 Å². The van der Waals surface area contributed by atoms with Crippen molar-refractivity contribution in [2.75, 3.05) is 45.3 Å². The van der Waals surface area contributed by atoms with E-state index in [2.05, 4.69) is 21.3 Å². The van der Waals surface area contributed by atoms with Crippen molar-refractivity contribution in [3.8, 4) is 5.75 Å². The van der Waals surface area contributed by atoms with Crippen LogP contribution >= 0.6 is 0 Å². The number of nitrogens with two attached hydrogens (primary N) is 2. The lowest BCUT2D eigenvalue weighted by molar-refractivity contribution is -0.128. The molecule has 0 aliphatic rings. The van der Waals surface area contributed by atoms with Crippen molar-refractivity contribution in [1.82, 2.24) is 16.0 Å². The molecule has 0 aromatic heterocycles. The molecule has 15 nitrogen and oxygen atoms in total. The molecular weight excluding hydrogens is 564 g/mol. The molecule has 0 spiro atoms. The molecule has 0 fully saturated rings. The van der Waals surface area contributed by atoms with Gasteiger partial charge in [-0.05, 0) is 51.7 Å². The van der Waals surface area contributed by atoms with E-state index in [1.807, 2.05) is 0 Å². The Hall–Kier alpha value is -4.11. The first-order valence-corrected chi connectivity index (χ1v) is 13.9. The van der Waals surface area contributed by atoms with E-state index in [9.17, 15) is 24.0 Å². The van der Waals surface area contributed by atoms with E-state index in [1.165, 1.54) is 25.3 Å². The third-order valence-electron chi connectivity index (χ3n) is 5.68. The normalized spacial score (nSPS) is 12.5. The summed E-state index contributed by atoms with van der Waals surface area (Å²) in [6.07, 6.45) is -0.0195. The summed E-state index contributed by atoms with van der Waals surface area (Å²) in [5.74, 6) is -1.71. The van der Waals surface area contributed by atoms with Crippen molar-refractivity contribution >= 4 is 35.6 Å². The summed E-state index contributed by atoms with van der Waals surface area (Å²) in [7, 11) is 1.23. The predicted molar refractivity (Wildman–Crippen MR) is 159 cm³/mol. The van der Waals surface area contributed by atoms with Crippen molar-refractivity contribution in [2.45, 2.75) is 65.1 Å². The fourth-order valence-electron chi connectivity index (χ4n) is 3.44. The van der Waals surface area contributed by atoms with Gasteiger partial charge in [-0.25, -0.2) is 14.4 Å². The zero-order valence-corrected chi connectivity index (χ0v) is 25.7. The molecule has 0 aliphatic carbocycles. The fraction of sp³-hybridized carbons (Fsp3) is 0.607. The summed E-state index contributed by atoms with van der Waals surface area (Å²) in [6.45, 7) is 9.66. The summed E-state index contributed by atoms with van der Waals surface area (Å²) in [4.78, 5) is 60.7. The molecule has 0 saturated heterocycles. The number of amides is 5. The minimum Gasteiger partial charge on any atom is -0.490 e. The Balaban J connectivity index is 2.85. The monoisotopic (exact) mass is 610 g/mol. The number of anilines is 1. The second kappa shape index (κ2) is 18.4. The van der Waals surface area contributed by atoms with Crippen LogP contribution in [0.4, 0.5) is 15.3 Å². The molecule has 0 aliphatic heterocycles. The summed E-state index contributed by atoms with van der Waals surface area (Å²) in [5.41, 5.74) is 10.8. The Morgan fingerprint density at radius 1 is 0.953 bits per heavy atom. The highest BCUT2D eigenvalue weighted by atomic mass is 16.6. The quantitative estimate of drug-likeness (QED) is 0.109. The van der Waals surface area contributed by atoms with Crippen molar-refractivity contribution in [3.05, 3.63) is 23.8 Å². The van der Waals surface area contributed by atoms with Crippen molar-refractivity contribution in [1.29, 1.82) is 0 Å². The van der Waals surface area contributed by atoms with E-state index in [-0.39, 0.29) is 62.2 Å². The number of nitrogens with one attached hydrogen (secondary N) is 4. The maximum absolute atomic E-state index is 13.2. The smallest absolute Gasteiger partial charge is 0.407 e. The van der Waals surface area contributed by atoms with Crippen molar-refractivity contribution < 1.29 is 42.9 Å². The number of carbonyl (C=O) groups excluding carboxylic acids is 5. The van der Waals surface area contributed by atoms with Gasteiger partial charge in [-0.15, -0.1) is 0 Å². The number of primary amides is 1. The molecule has 0 heterocycles. The molecule has 242 valence electrons. The zero-order chi connectivity index (χ0) is 32.6. The first-order chi connectivity index (χ1) is 20.1. The average Bonchev–Trinajstić information content (AvgIpc) is 2.92. The second-order valence-corrected chi connectivity index (χ2v) is 10.8. The van der Waals surface area contributed by atoms with Gasteiger partial charge in [0.25, 0.3) is 0 Å². The topological polar surface area (TPSA) is 222 Å². The predicted octanol–water partition coefficient (Wildman–Crippen LogP) is 1.25. The van der Waals surface area contributed by atoms with E-state index in [4.69, 9.17) is 30.4 Å².